The van der Waals surface area contributed by atoms with Crippen molar-refractivity contribution >= 4 is 99.0 Å². The lowest BCUT2D eigenvalue weighted by Gasteiger charge is -2.42. The first-order valence-corrected chi connectivity index (χ1v) is 23.9. The Hall–Kier alpha value is -6.94. The van der Waals surface area contributed by atoms with Crippen LogP contribution in [0.2, 0.25) is 0 Å². The average molecular weight is 975 g/mol. The van der Waals surface area contributed by atoms with Crippen LogP contribution >= 0.6 is 0 Å². The molecule has 10 N–H and O–H groups in total. The third kappa shape index (κ3) is 6.13. The first-order valence-electron chi connectivity index (χ1n) is 23.9. The van der Waals surface area contributed by atoms with E-state index < -0.39 is 67.9 Å². The second kappa shape index (κ2) is 16.8. The summed E-state index contributed by atoms with van der Waals surface area (Å²) in [5.41, 5.74) is 9.44. The van der Waals surface area contributed by atoms with E-state index in [1.807, 2.05) is 106 Å². The van der Waals surface area contributed by atoms with E-state index >= 15 is 0 Å². The molecule has 4 aromatic heterocycles. The van der Waals surface area contributed by atoms with Gasteiger partial charge in [-0.3, -0.25) is 9.59 Å². The number of nitrogens with zero attached hydrogens (tertiary/aromatic N) is 2. The lowest BCUT2D eigenvalue weighted by molar-refractivity contribution is -0.255. The molecule has 368 valence electrons. The first kappa shape index (κ1) is 45.0. The number of carbonyl (C=O) groups excluding carboxylic acids is 2. The van der Waals surface area contributed by atoms with Gasteiger partial charge < -0.3 is 79.3 Å². The van der Waals surface area contributed by atoms with Gasteiger partial charge >= 0.3 is 0 Å². The molecule has 2 fully saturated rings. The molecule has 4 aliphatic heterocycles. The second-order valence-corrected chi connectivity index (χ2v) is 19.0. The predicted octanol–water partition coefficient (Wildman–Crippen LogP) is 4.60. The van der Waals surface area contributed by atoms with Crippen LogP contribution in [-0.4, -0.2) is 138 Å². The number of H-pyrrole nitrogens is 2. The standard InChI is InChI=1S/2C27H25N3O6/c1-35-25-17(11-31)36-27(24(33)23(25)32)30-16-9-5-3-7-13(16)18-14-10-28-26(34)20(14)19-12-6-2-4-8-15(12)29-21(19)22(18)30;1-35-25-17(11-31)36-27(24(33)23(25)32)30-16-9-5-3-7-13(16)19-20-14(10-28-26(20)34)18-12-6-2-4-8-15(12)29-21(18)22(19)30/h2*2-9,17,23-25,27,29,31-33H,10-11H2,1H3,(H,28,34). The highest BCUT2D eigenvalue weighted by Gasteiger charge is 2.48. The number of benzene rings is 6. The Morgan fingerprint density at radius 2 is 0.931 bits per heavy atom. The van der Waals surface area contributed by atoms with Crippen molar-refractivity contribution in [1.29, 1.82) is 0 Å². The zero-order valence-electron chi connectivity index (χ0n) is 38.9. The van der Waals surface area contributed by atoms with Crippen LogP contribution in [0.25, 0.3) is 87.2 Å². The maximum atomic E-state index is 13.2. The van der Waals surface area contributed by atoms with Crippen LogP contribution in [-0.2, 0) is 32.0 Å². The molecule has 18 nitrogen and oxygen atoms in total. The van der Waals surface area contributed by atoms with Crippen LogP contribution in [0, 0.1) is 0 Å². The van der Waals surface area contributed by atoms with E-state index in [9.17, 15) is 40.2 Å². The molecule has 10 aromatic rings. The maximum absolute atomic E-state index is 13.2. The molecule has 0 aliphatic carbocycles. The molecule has 6 aromatic carbocycles. The number of aliphatic hydroxyl groups is 6. The van der Waals surface area contributed by atoms with E-state index in [1.165, 1.54) is 14.2 Å². The Morgan fingerprint density at radius 1 is 0.528 bits per heavy atom. The highest BCUT2D eigenvalue weighted by atomic mass is 16.6. The fraction of sp³-hybridized carbons (Fsp3) is 0.296. The third-order valence-electron chi connectivity index (χ3n) is 15.5. The Labute approximate surface area is 407 Å². The minimum Gasteiger partial charge on any atom is -0.394 e. The molecule has 10 atom stereocenters. The lowest BCUT2D eigenvalue weighted by atomic mass is 9.96. The number of nitrogens with one attached hydrogen (secondary N) is 4. The van der Waals surface area contributed by atoms with Crippen LogP contribution < -0.4 is 10.6 Å². The van der Waals surface area contributed by atoms with Crippen molar-refractivity contribution in [2.24, 2.45) is 0 Å². The van der Waals surface area contributed by atoms with Crippen LogP contribution in [0.15, 0.2) is 97.1 Å². The largest absolute Gasteiger partial charge is 0.394 e. The van der Waals surface area contributed by atoms with E-state index in [0.717, 1.165) is 92.8 Å². The number of rotatable bonds is 6. The first-order chi connectivity index (χ1) is 35.1. The van der Waals surface area contributed by atoms with Gasteiger partial charge in [0.1, 0.15) is 48.8 Å². The number of aromatic amines is 2. The van der Waals surface area contributed by atoms with Crippen LogP contribution in [0.1, 0.15) is 44.3 Å². The molecular formula is C54H50N6O12. The summed E-state index contributed by atoms with van der Waals surface area (Å²) in [6.07, 6.45) is -10.8. The molecule has 14 rings (SSSR count). The van der Waals surface area contributed by atoms with Gasteiger partial charge in [-0.1, -0.05) is 72.8 Å². The molecule has 8 heterocycles. The summed E-state index contributed by atoms with van der Waals surface area (Å²) >= 11 is 0. The molecule has 0 saturated carbocycles. The Bertz CT molecular complexity index is 3870. The normalized spacial score (nSPS) is 26.3. The van der Waals surface area contributed by atoms with Crippen molar-refractivity contribution < 1.29 is 59.2 Å². The molecule has 4 aliphatic rings. The lowest BCUT2D eigenvalue weighted by Crippen LogP contribution is -2.57. The van der Waals surface area contributed by atoms with E-state index in [1.54, 1.807) is 0 Å². The van der Waals surface area contributed by atoms with E-state index in [-0.39, 0.29) is 18.4 Å². The summed E-state index contributed by atoms with van der Waals surface area (Å²) < 4.78 is 26.9. The fourth-order valence-electron chi connectivity index (χ4n) is 12.4. The summed E-state index contributed by atoms with van der Waals surface area (Å²) in [6.45, 7) is 0.0300. The Balaban J connectivity index is 0.000000140. The zero-order valence-corrected chi connectivity index (χ0v) is 38.9. The van der Waals surface area contributed by atoms with Crippen LogP contribution in [0.5, 0.6) is 0 Å². The number of amides is 2. The van der Waals surface area contributed by atoms with Crippen molar-refractivity contribution in [2.45, 2.75) is 74.4 Å². The van der Waals surface area contributed by atoms with E-state index in [2.05, 4.69) is 20.6 Å². The minimum atomic E-state index is -1.35. The Kier molecular flexibility index (Phi) is 10.5. The fourth-order valence-corrected chi connectivity index (χ4v) is 12.4. The molecule has 18 heteroatoms. The number of para-hydroxylation sites is 4. The van der Waals surface area contributed by atoms with Crippen molar-refractivity contribution in [3.8, 4) is 0 Å². The molecular weight excluding hydrogens is 925 g/mol. The van der Waals surface area contributed by atoms with Crippen LogP contribution in [0.3, 0.4) is 0 Å². The number of fused-ring (bicyclic) bond motifs is 20. The number of carbonyl (C=O) groups is 2. The molecule has 72 heavy (non-hydrogen) atoms. The topological polar surface area (TPSA) is 258 Å². The van der Waals surface area contributed by atoms with Gasteiger partial charge in [-0.25, -0.2) is 0 Å². The third-order valence-corrected chi connectivity index (χ3v) is 15.5. The Morgan fingerprint density at radius 3 is 1.43 bits per heavy atom. The smallest absolute Gasteiger partial charge is 0.252 e. The molecule has 0 bridgehead atoms. The summed E-state index contributed by atoms with van der Waals surface area (Å²) in [4.78, 5) is 33.3. The van der Waals surface area contributed by atoms with Gasteiger partial charge in [-0.2, -0.15) is 0 Å². The van der Waals surface area contributed by atoms with Gasteiger partial charge in [0.15, 0.2) is 12.5 Å². The van der Waals surface area contributed by atoms with Crippen molar-refractivity contribution in [1.82, 2.24) is 29.7 Å². The quantitative estimate of drug-likeness (QED) is 0.110. The summed E-state index contributed by atoms with van der Waals surface area (Å²) in [5, 5.41) is 77.4. The number of ether oxygens (including phenoxy) is 4. The van der Waals surface area contributed by atoms with E-state index in [0.29, 0.717) is 29.7 Å². The molecule has 0 spiro atoms. The van der Waals surface area contributed by atoms with Gasteiger partial charge in [0.2, 0.25) is 0 Å². The minimum absolute atomic E-state index is 0.119. The van der Waals surface area contributed by atoms with Gasteiger partial charge in [-0.05, 0) is 35.4 Å². The number of methoxy groups -OCH3 is 2. The van der Waals surface area contributed by atoms with Crippen molar-refractivity contribution in [3.63, 3.8) is 0 Å². The van der Waals surface area contributed by atoms with Gasteiger partial charge in [-0.15, -0.1) is 0 Å². The summed E-state index contributed by atoms with van der Waals surface area (Å²) in [6, 6.07) is 31.2. The molecule has 0 radical (unpaired) electrons. The molecule has 10 unspecified atom stereocenters. The monoisotopic (exact) mass is 974 g/mol. The average Bonchev–Trinajstić information content (AvgIpc) is 4.27. The second-order valence-electron chi connectivity index (χ2n) is 19.0. The number of aliphatic hydroxyl groups excluding tert-OH is 6. The van der Waals surface area contributed by atoms with Gasteiger partial charge in [0.05, 0.1) is 57.4 Å². The van der Waals surface area contributed by atoms with E-state index in [4.69, 9.17) is 18.9 Å². The highest BCUT2D eigenvalue weighted by Crippen LogP contribution is 2.48. The number of aromatic nitrogens is 4. The SMILES string of the molecule is COC1C(CO)OC(n2c3ccccc3c3c4c(c5c6ccccc6[nH]c5c32)C(=O)NC4)C(O)C1O.COC1C(CO)OC(n2c3ccccc3c3c4c(c5c6ccccc6[nH]c5c32)CNC4=O)C(O)C1O. The summed E-state index contributed by atoms with van der Waals surface area (Å²) in [5.74, 6) is -0.269. The zero-order chi connectivity index (χ0) is 49.4. The predicted molar refractivity (Wildman–Crippen MR) is 268 cm³/mol. The van der Waals surface area contributed by atoms with Gasteiger partial charge in [0, 0.05) is 81.4 Å². The summed E-state index contributed by atoms with van der Waals surface area (Å²) in [7, 11) is 2.82. The molecule has 2 saturated heterocycles. The van der Waals surface area contributed by atoms with Crippen molar-refractivity contribution in [3.05, 3.63) is 119 Å². The van der Waals surface area contributed by atoms with Crippen LogP contribution in [0.4, 0.5) is 0 Å². The van der Waals surface area contributed by atoms with Crippen molar-refractivity contribution in [2.75, 3.05) is 27.4 Å². The maximum Gasteiger partial charge on any atom is 0.252 e. The number of hydrogen-bond donors (Lipinski definition) is 10. The molecule has 2 amide bonds. The van der Waals surface area contributed by atoms with Gasteiger partial charge in [0.25, 0.3) is 11.8 Å². The number of hydrogen-bond acceptors (Lipinski definition) is 12. The highest BCUT2D eigenvalue weighted by molar-refractivity contribution is 6.32.